The second-order valence-electron chi connectivity index (χ2n) is 4.91. The number of ether oxygens (including phenoxy) is 1. The molecule has 98 valence electrons. The average molecular weight is 382 g/mol. The van der Waals surface area contributed by atoms with Crippen molar-refractivity contribution in [2.24, 2.45) is 0 Å². The van der Waals surface area contributed by atoms with E-state index in [0.29, 0.717) is 0 Å². The molecule has 0 aliphatic carbocycles. The summed E-state index contributed by atoms with van der Waals surface area (Å²) in [5, 5.41) is 0. The molecule has 0 aromatic heterocycles. The third-order valence-electron chi connectivity index (χ3n) is 3.47. The van der Waals surface area contributed by atoms with Crippen molar-refractivity contribution in [3.05, 3.63) is 68.7 Å². The summed E-state index contributed by atoms with van der Waals surface area (Å²) in [4.78, 5) is 0.202. The van der Waals surface area contributed by atoms with Crippen LogP contribution in [0.3, 0.4) is 0 Å². The molecule has 1 unspecified atom stereocenters. The molecular formula is C16H14Br2O. The monoisotopic (exact) mass is 380 g/mol. The van der Waals surface area contributed by atoms with E-state index < -0.39 is 0 Å². The maximum Gasteiger partial charge on any atom is 0.0725 e. The Morgan fingerprint density at radius 1 is 1.05 bits per heavy atom. The summed E-state index contributed by atoms with van der Waals surface area (Å²) in [6.45, 7) is 3.58. The highest BCUT2D eigenvalue weighted by Gasteiger charge is 2.17. The summed E-state index contributed by atoms with van der Waals surface area (Å²) < 4.78 is 6.61. The highest BCUT2D eigenvalue weighted by Crippen LogP contribution is 2.37. The minimum atomic E-state index is 0.202. The molecule has 3 rings (SSSR count). The number of aryl methyl sites for hydroxylation is 1. The van der Waals surface area contributed by atoms with E-state index in [9.17, 15) is 0 Å². The van der Waals surface area contributed by atoms with Crippen LogP contribution in [0.5, 0.6) is 0 Å². The zero-order valence-electron chi connectivity index (χ0n) is 10.6. The Labute approximate surface area is 130 Å². The SMILES string of the molecule is Cc1ccc(C(Br)c2ccc3c(c2)COC3)c(Br)c1. The molecule has 0 saturated carbocycles. The van der Waals surface area contributed by atoms with E-state index in [1.54, 1.807) is 0 Å². The van der Waals surface area contributed by atoms with Crippen LogP contribution in [0, 0.1) is 6.92 Å². The lowest BCUT2D eigenvalue weighted by molar-refractivity contribution is 0.134. The molecular weight excluding hydrogens is 368 g/mol. The van der Waals surface area contributed by atoms with Crippen molar-refractivity contribution in [1.29, 1.82) is 0 Å². The molecule has 1 heterocycles. The third kappa shape index (κ3) is 2.64. The van der Waals surface area contributed by atoms with Gasteiger partial charge in [0.05, 0.1) is 18.0 Å². The van der Waals surface area contributed by atoms with Crippen molar-refractivity contribution in [2.75, 3.05) is 0 Å². The van der Waals surface area contributed by atoms with Gasteiger partial charge in [-0.1, -0.05) is 62.2 Å². The van der Waals surface area contributed by atoms with Gasteiger partial charge in [0.2, 0.25) is 0 Å². The van der Waals surface area contributed by atoms with Crippen LogP contribution in [0.2, 0.25) is 0 Å². The average Bonchev–Trinajstić information content (AvgIpc) is 2.85. The lowest BCUT2D eigenvalue weighted by atomic mass is 10.00. The topological polar surface area (TPSA) is 9.23 Å². The number of halogens is 2. The van der Waals surface area contributed by atoms with E-state index in [-0.39, 0.29) is 4.83 Å². The van der Waals surface area contributed by atoms with E-state index in [0.717, 1.165) is 17.7 Å². The van der Waals surface area contributed by atoms with E-state index >= 15 is 0 Å². The Hall–Kier alpha value is -0.640. The summed E-state index contributed by atoms with van der Waals surface area (Å²) in [5.74, 6) is 0. The lowest BCUT2D eigenvalue weighted by Gasteiger charge is -2.14. The summed E-state index contributed by atoms with van der Waals surface area (Å²) >= 11 is 7.46. The Morgan fingerprint density at radius 2 is 1.84 bits per heavy atom. The molecule has 1 aliphatic rings. The smallest absolute Gasteiger partial charge is 0.0725 e. The quantitative estimate of drug-likeness (QED) is 0.643. The van der Waals surface area contributed by atoms with Crippen LogP contribution in [0.4, 0.5) is 0 Å². The van der Waals surface area contributed by atoms with E-state index in [1.807, 2.05) is 0 Å². The molecule has 1 nitrogen and oxygen atoms in total. The van der Waals surface area contributed by atoms with Gasteiger partial charge in [0.1, 0.15) is 0 Å². The van der Waals surface area contributed by atoms with Gasteiger partial charge in [-0.25, -0.2) is 0 Å². The van der Waals surface area contributed by atoms with Crippen LogP contribution in [-0.2, 0) is 18.0 Å². The van der Waals surface area contributed by atoms with Crippen LogP contribution < -0.4 is 0 Å². The molecule has 0 bridgehead atoms. The Bertz CT molecular complexity index is 622. The fourth-order valence-corrected chi connectivity index (χ4v) is 4.08. The number of benzene rings is 2. The van der Waals surface area contributed by atoms with Crippen LogP contribution in [-0.4, -0.2) is 0 Å². The molecule has 0 amide bonds. The summed E-state index contributed by atoms with van der Waals surface area (Å²) in [5.41, 5.74) is 6.41. The van der Waals surface area contributed by atoms with Gasteiger partial charge in [-0.15, -0.1) is 0 Å². The second kappa shape index (κ2) is 5.39. The highest BCUT2D eigenvalue weighted by atomic mass is 79.9. The molecule has 2 aromatic rings. The van der Waals surface area contributed by atoms with Crippen molar-refractivity contribution >= 4 is 31.9 Å². The summed E-state index contributed by atoms with van der Waals surface area (Å²) in [6, 6.07) is 13.1. The summed E-state index contributed by atoms with van der Waals surface area (Å²) in [7, 11) is 0. The van der Waals surface area contributed by atoms with Crippen LogP contribution >= 0.6 is 31.9 Å². The second-order valence-corrected chi connectivity index (χ2v) is 6.68. The van der Waals surface area contributed by atoms with E-state index in [2.05, 4.69) is 75.2 Å². The first-order chi connectivity index (χ1) is 9.15. The van der Waals surface area contributed by atoms with Gasteiger partial charge in [-0.05, 0) is 40.8 Å². The van der Waals surface area contributed by atoms with E-state index in [4.69, 9.17) is 4.74 Å². The highest BCUT2D eigenvalue weighted by molar-refractivity contribution is 9.11. The van der Waals surface area contributed by atoms with Crippen molar-refractivity contribution in [3.63, 3.8) is 0 Å². The minimum Gasteiger partial charge on any atom is -0.372 e. The molecule has 1 atom stereocenters. The van der Waals surface area contributed by atoms with Crippen LogP contribution in [0.25, 0.3) is 0 Å². The van der Waals surface area contributed by atoms with Crippen molar-refractivity contribution < 1.29 is 4.74 Å². The van der Waals surface area contributed by atoms with Crippen molar-refractivity contribution in [1.82, 2.24) is 0 Å². The summed E-state index contributed by atoms with van der Waals surface area (Å²) in [6.07, 6.45) is 0. The van der Waals surface area contributed by atoms with Crippen molar-refractivity contribution in [3.8, 4) is 0 Å². The Kier molecular flexibility index (Phi) is 3.79. The zero-order chi connectivity index (χ0) is 13.4. The number of hydrogen-bond acceptors (Lipinski definition) is 1. The van der Waals surface area contributed by atoms with Gasteiger partial charge in [0.15, 0.2) is 0 Å². The molecule has 0 radical (unpaired) electrons. The van der Waals surface area contributed by atoms with Crippen LogP contribution in [0.1, 0.15) is 32.6 Å². The number of rotatable bonds is 2. The van der Waals surface area contributed by atoms with Gasteiger partial charge in [-0.2, -0.15) is 0 Å². The normalized spacial score (nSPS) is 15.3. The molecule has 3 heteroatoms. The Morgan fingerprint density at radius 3 is 2.63 bits per heavy atom. The third-order valence-corrected chi connectivity index (χ3v) is 5.18. The fraction of sp³-hybridized carbons (Fsp3) is 0.250. The van der Waals surface area contributed by atoms with Gasteiger partial charge < -0.3 is 4.74 Å². The first-order valence-electron chi connectivity index (χ1n) is 6.25. The van der Waals surface area contributed by atoms with Gasteiger partial charge >= 0.3 is 0 Å². The predicted octanol–water partition coefficient (Wildman–Crippen LogP) is 5.27. The molecule has 2 aromatic carbocycles. The Balaban J connectivity index is 1.97. The maximum atomic E-state index is 5.47. The van der Waals surface area contributed by atoms with E-state index in [1.165, 1.54) is 27.8 Å². The van der Waals surface area contributed by atoms with Crippen molar-refractivity contribution in [2.45, 2.75) is 25.0 Å². The minimum absolute atomic E-state index is 0.202. The van der Waals surface area contributed by atoms with Gasteiger partial charge in [0, 0.05) is 4.47 Å². The first kappa shape index (κ1) is 13.3. The molecule has 19 heavy (non-hydrogen) atoms. The zero-order valence-corrected chi connectivity index (χ0v) is 13.8. The largest absolute Gasteiger partial charge is 0.372 e. The molecule has 0 spiro atoms. The fourth-order valence-electron chi connectivity index (χ4n) is 2.37. The van der Waals surface area contributed by atoms with Gasteiger partial charge in [0.25, 0.3) is 0 Å². The number of alkyl halides is 1. The first-order valence-corrected chi connectivity index (χ1v) is 7.95. The number of hydrogen-bond donors (Lipinski definition) is 0. The maximum absolute atomic E-state index is 5.47. The molecule has 0 fully saturated rings. The van der Waals surface area contributed by atoms with Crippen LogP contribution in [0.15, 0.2) is 40.9 Å². The van der Waals surface area contributed by atoms with Gasteiger partial charge in [-0.3, -0.25) is 0 Å². The molecule has 1 aliphatic heterocycles. The lowest BCUT2D eigenvalue weighted by Crippen LogP contribution is -1.96. The molecule has 0 saturated heterocycles. The number of fused-ring (bicyclic) bond motifs is 1. The standard InChI is InChI=1S/C16H14Br2O/c1-10-2-5-14(15(17)6-10)16(18)11-3-4-12-8-19-9-13(12)7-11/h2-7,16H,8-9H2,1H3. The molecule has 0 N–H and O–H groups in total. The predicted molar refractivity (Wildman–Crippen MR) is 84.6 cm³/mol.